The summed E-state index contributed by atoms with van der Waals surface area (Å²) in [5.41, 5.74) is 3.64. The van der Waals surface area contributed by atoms with Gasteiger partial charge >= 0.3 is 0 Å². The Kier molecular flexibility index (Phi) is 4.99. The van der Waals surface area contributed by atoms with Gasteiger partial charge < -0.3 is 0 Å². The molecule has 0 atom stereocenters. The Morgan fingerprint density at radius 1 is 0.704 bits per heavy atom. The van der Waals surface area contributed by atoms with Crippen molar-refractivity contribution in [3.63, 3.8) is 0 Å². The second-order valence-electron chi connectivity index (χ2n) is 6.23. The summed E-state index contributed by atoms with van der Waals surface area (Å²) >= 11 is 3.45. The molecule has 0 aliphatic carbocycles. The van der Waals surface area contributed by atoms with Gasteiger partial charge in [0.1, 0.15) is 6.04 Å². The summed E-state index contributed by atoms with van der Waals surface area (Å²) in [5.74, 6) is 0. The van der Waals surface area contributed by atoms with Crippen molar-refractivity contribution in [2.45, 2.75) is 6.04 Å². The molecule has 4 heteroatoms. The molecule has 3 aromatic carbocycles. The first kappa shape index (κ1) is 17.4. The predicted molar refractivity (Wildman–Crippen MR) is 112 cm³/mol. The van der Waals surface area contributed by atoms with Crippen LogP contribution in [0.4, 0.5) is 0 Å². The SMILES string of the molecule is O=c1ccc(-c2ccc(Br)cc2)nn1C(c1ccccc1)c1ccccc1. The van der Waals surface area contributed by atoms with Crippen LogP contribution in [-0.2, 0) is 0 Å². The van der Waals surface area contributed by atoms with Crippen molar-refractivity contribution in [2.75, 3.05) is 0 Å². The summed E-state index contributed by atoms with van der Waals surface area (Å²) in [6.45, 7) is 0. The molecule has 0 fully saturated rings. The van der Waals surface area contributed by atoms with Gasteiger partial charge in [0, 0.05) is 16.1 Å². The van der Waals surface area contributed by atoms with Crippen LogP contribution in [0.2, 0.25) is 0 Å². The van der Waals surface area contributed by atoms with Gasteiger partial charge in [-0.2, -0.15) is 5.10 Å². The second kappa shape index (κ2) is 7.72. The quantitative estimate of drug-likeness (QED) is 0.451. The Labute approximate surface area is 166 Å². The molecular weight excluding hydrogens is 400 g/mol. The van der Waals surface area contributed by atoms with Gasteiger partial charge in [-0.05, 0) is 29.3 Å². The standard InChI is InChI=1S/C23H17BrN2O/c24-20-13-11-17(12-14-20)21-15-16-22(27)26(25-21)23(18-7-3-1-4-8-18)19-9-5-2-6-10-19/h1-16,23H. The molecule has 0 saturated heterocycles. The van der Waals surface area contributed by atoms with Crippen molar-refractivity contribution < 1.29 is 0 Å². The van der Waals surface area contributed by atoms with Crippen LogP contribution in [-0.4, -0.2) is 9.78 Å². The molecule has 4 rings (SSSR count). The van der Waals surface area contributed by atoms with Gasteiger partial charge in [0.05, 0.1) is 5.69 Å². The minimum Gasteiger partial charge on any atom is -0.268 e. The third-order valence-electron chi connectivity index (χ3n) is 4.44. The molecule has 0 amide bonds. The number of hydrogen-bond donors (Lipinski definition) is 0. The highest BCUT2D eigenvalue weighted by Crippen LogP contribution is 2.26. The van der Waals surface area contributed by atoms with Crippen molar-refractivity contribution in [1.82, 2.24) is 9.78 Å². The molecular formula is C23H17BrN2O. The highest BCUT2D eigenvalue weighted by atomic mass is 79.9. The maximum atomic E-state index is 12.7. The maximum Gasteiger partial charge on any atom is 0.267 e. The largest absolute Gasteiger partial charge is 0.268 e. The molecule has 0 unspecified atom stereocenters. The molecule has 3 nitrogen and oxygen atoms in total. The number of nitrogens with zero attached hydrogens (tertiary/aromatic N) is 2. The molecule has 0 spiro atoms. The van der Waals surface area contributed by atoms with E-state index in [9.17, 15) is 4.79 Å². The average Bonchev–Trinajstić information content (AvgIpc) is 2.72. The third-order valence-corrected chi connectivity index (χ3v) is 4.97. The number of halogens is 1. The zero-order valence-corrected chi connectivity index (χ0v) is 16.1. The molecule has 0 aliphatic heterocycles. The van der Waals surface area contributed by atoms with E-state index in [0.29, 0.717) is 0 Å². The van der Waals surface area contributed by atoms with Gasteiger partial charge in [0.25, 0.3) is 5.56 Å². The van der Waals surface area contributed by atoms with E-state index >= 15 is 0 Å². The number of aromatic nitrogens is 2. The monoisotopic (exact) mass is 416 g/mol. The zero-order chi connectivity index (χ0) is 18.6. The molecule has 0 N–H and O–H groups in total. The molecule has 0 aliphatic rings. The van der Waals surface area contributed by atoms with E-state index < -0.39 is 0 Å². The summed E-state index contributed by atoms with van der Waals surface area (Å²) in [6, 6.07) is 31.0. The smallest absolute Gasteiger partial charge is 0.267 e. The van der Waals surface area contributed by atoms with E-state index in [0.717, 1.165) is 26.9 Å². The minimum absolute atomic E-state index is 0.131. The summed E-state index contributed by atoms with van der Waals surface area (Å²) in [6.07, 6.45) is 0. The lowest BCUT2D eigenvalue weighted by Crippen LogP contribution is -2.28. The fraction of sp³-hybridized carbons (Fsp3) is 0.0435. The number of benzene rings is 3. The van der Waals surface area contributed by atoms with E-state index in [4.69, 9.17) is 5.10 Å². The van der Waals surface area contributed by atoms with Crippen LogP contribution >= 0.6 is 15.9 Å². The average molecular weight is 417 g/mol. The van der Waals surface area contributed by atoms with E-state index in [1.54, 1.807) is 16.8 Å². The topological polar surface area (TPSA) is 34.9 Å². The van der Waals surface area contributed by atoms with E-state index in [1.165, 1.54) is 0 Å². The predicted octanol–water partition coefficient (Wildman–Crippen LogP) is 5.31. The Morgan fingerprint density at radius 3 is 1.81 bits per heavy atom. The van der Waals surface area contributed by atoms with Crippen molar-refractivity contribution in [3.05, 3.63) is 123 Å². The van der Waals surface area contributed by atoms with Gasteiger partial charge in [-0.1, -0.05) is 88.7 Å². The Morgan fingerprint density at radius 2 is 1.26 bits per heavy atom. The summed E-state index contributed by atoms with van der Waals surface area (Å²) < 4.78 is 2.58. The lowest BCUT2D eigenvalue weighted by Gasteiger charge is -2.20. The van der Waals surface area contributed by atoms with E-state index in [2.05, 4.69) is 15.9 Å². The van der Waals surface area contributed by atoms with Crippen LogP contribution in [0.3, 0.4) is 0 Å². The van der Waals surface area contributed by atoms with Crippen LogP contribution in [0.1, 0.15) is 17.2 Å². The van der Waals surface area contributed by atoms with Crippen LogP contribution < -0.4 is 5.56 Å². The Hall–Kier alpha value is -2.98. The maximum absolute atomic E-state index is 12.7. The van der Waals surface area contributed by atoms with Crippen LogP contribution in [0, 0.1) is 0 Å². The number of hydrogen-bond acceptors (Lipinski definition) is 2. The third kappa shape index (κ3) is 3.76. The molecule has 132 valence electrons. The van der Waals surface area contributed by atoms with Crippen molar-refractivity contribution in [1.29, 1.82) is 0 Å². The summed E-state index contributed by atoms with van der Waals surface area (Å²) in [7, 11) is 0. The minimum atomic E-state index is -0.282. The highest BCUT2D eigenvalue weighted by Gasteiger charge is 2.19. The van der Waals surface area contributed by atoms with Crippen LogP contribution in [0.25, 0.3) is 11.3 Å². The Balaban J connectivity index is 1.89. The molecule has 0 saturated carbocycles. The van der Waals surface area contributed by atoms with Crippen molar-refractivity contribution >= 4 is 15.9 Å². The van der Waals surface area contributed by atoms with Crippen LogP contribution in [0.5, 0.6) is 0 Å². The first-order valence-corrected chi connectivity index (χ1v) is 9.47. The normalized spacial score (nSPS) is 10.9. The first-order valence-electron chi connectivity index (χ1n) is 8.68. The molecule has 0 radical (unpaired) electrons. The van der Waals surface area contributed by atoms with E-state index in [-0.39, 0.29) is 11.6 Å². The van der Waals surface area contributed by atoms with Gasteiger partial charge in [0.15, 0.2) is 0 Å². The lowest BCUT2D eigenvalue weighted by atomic mass is 9.99. The fourth-order valence-corrected chi connectivity index (χ4v) is 3.39. The first-order chi connectivity index (χ1) is 13.2. The van der Waals surface area contributed by atoms with Crippen molar-refractivity contribution in [3.8, 4) is 11.3 Å². The number of rotatable bonds is 4. The van der Waals surface area contributed by atoms with Crippen LogP contribution in [0.15, 0.2) is 106 Å². The molecule has 4 aromatic rings. The van der Waals surface area contributed by atoms with Crippen molar-refractivity contribution in [2.24, 2.45) is 0 Å². The fourth-order valence-electron chi connectivity index (χ4n) is 3.13. The Bertz CT molecular complexity index is 1050. The summed E-state index contributed by atoms with van der Waals surface area (Å²) in [4.78, 5) is 12.7. The zero-order valence-electron chi connectivity index (χ0n) is 14.5. The molecule has 1 aromatic heterocycles. The van der Waals surface area contributed by atoms with Gasteiger partial charge in [0.2, 0.25) is 0 Å². The van der Waals surface area contributed by atoms with Gasteiger partial charge in [-0.25, -0.2) is 4.68 Å². The lowest BCUT2D eigenvalue weighted by molar-refractivity contribution is 0.562. The van der Waals surface area contributed by atoms with Gasteiger partial charge in [-0.3, -0.25) is 4.79 Å². The summed E-state index contributed by atoms with van der Waals surface area (Å²) in [5, 5.41) is 4.71. The highest BCUT2D eigenvalue weighted by molar-refractivity contribution is 9.10. The molecule has 27 heavy (non-hydrogen) atoms. The second-order valence-corrected chi connectivity index (χ2v) is 7.15. The molecule has 0 bridgehead atoms. The van der Waals surface area contributed by atoms with E-state index in [1.807, 2.05) is 84.9 Å². The van der Waals surface area contributed by atoms with Gasteiger partial charge in [-0.15, -0.1) is 0 Å². The molecule has 1 heterocycles.